The molecule has 3 heteroatoms. The summed E-state index contributed by atoms with van der Waals surface area (Å²) in [5.74, 6) is 5.01. The van der Waals surface area contributed by atoms with Crippen LogP contribution in [0.15, 0.2) is 106 Å². The van der Waals surface area contributed by atoms with Crippen LogP contribution in [0.4, 0.5) is 0 Å². The monoisotopic (exact) mass is 928 g/mol. The minimum Gasteiger partial charge on any atom is -1.00 e. The predicted molar refractivity (Wildman–Crippen MR) is 250 cm³/mol. The third-order valence-electron chi connectivity index (χ3n) is 15.6. The van der Waals surface area contributed by atoms with Crippen molar-refractivity contribution in [1.82, 2.24) is 0 Å². The van der Waals surface area contributed by atoms with Gasteiger partial charge >= 0.3 is 369 Å². The van der Waals surface area contributed by atoms with Crippen molar-refractivity contribution >= 4 is 3.21 Å². The summed E-state index contributed by atoms with van der Waals surface area (Å²) in [7, 11) is 0. The van der Waals surface area contributed by atoms with Crippen molar-refractivity contribution in [2.45, 2.75) is 147 Å². The molecule has 4 aromatic rings. The molecule has 322 valence electrons. The first kappa shape index (κ1) is 46.7. The Labute approximate surface area is 390 Å². The van der Waals surface area contributed by atoms with Gasteiger partial charge in [0.2, 0.25) is 0 Å². The molecule has 61 heavy (non-hydrogen) atoms. The molecule has 0 N–H and O–H groups in total. The van der Waals surface area contributed by atoms with Gasteiger partial charge in [0.1, 0.15) is 0 Å². The van der Waals surface area contributed by atoms with Crippen molar-refractivity contribution < 1.29 is 46.1 Å². The fourth-order valence-corrected chi connectivity index (χ4v) is 22.0. The van der Waals surface area contributed by atoms with E-state index < -0.39 is 21.3 Å². The molecule has 0 spiro atoms. The van der Waals surface area contributed by atoms with Gasteiger partial charge in [-0.15, -0.1) is 0 Å². The standard InChI is InChI=1S/C21H25.C21H26.C16H21.2ClH.Zr/c1-20(2,3)16-9-7-14-11-15-8-10-17(21(4,5)6)13-19(15)18(14)12-16;1-20(2,3)18-11-7-16(8-12-18)15-17-9-13-19(14-10-17)21(4,5)6;1-10-2-3-13(4-10)16-14-6-11-5-12(8-14)9-15(16)7-11;;;/h7-13H,1-6H3;7-14H,1-6H3;3-4,10-12,14-16H,5-9H2,1H3;2*1H;/q;;;;;+2/p-2. The van der Waals surface area contributed by atoms with E-state index in [2.05, 4.69) is 187 Å². The summed E-state index contributed by atoms with van der Waals surface area (Å²) in [6.07, 6.45) is 13.1. The number of benzene rings is 4. The number of hydrogen-bond acceptors (Lipinski definition) is 0. The Hall–Kier alpha value is -2.31. The maximum absolute atomic E-state index is 3.00. The van der Waals surface area contributed by atoms with Crippen molar-refractivity contribution in [2.75, 3.05) is 0 Å². The number of halogens is 2. The van der Waals surface area contributed by atoms with Crippen LogP contribution in [0.1, 0.15) is 170 Å². The zero-order chi connectivity index (χ0) is 42.0. The molecule has 4 aromatic carbocycles. The van der Waals surface area contributed by atoms with E-state index in [1.807, 2.05) is 3.28 Å². The molecule has 0 nitrogen and oxygen atoms in total. The second kappa shape index (κ2) is 16.6. The molecule has 4 fully saturated rings. The fraction of sp³-hybridized carbons (Fsp3) is 0.500. The van der Waals surface area contributed by atoms with Crippen LogP contribution in [0.25, 0.3) is 11.1 Å². The van der Waals surface area contributed by atoms with Crippen molar-refractivity contribution in [3.63, 3.8) is 0 Å². The maximum Gasteiger partial charge on any atom is -1.00 e. The average molecular weight is 931 g/mol. The molecular formula is C58H72Cl2Zr. The van der Waals surface area contributed by atoms with E-state index in [1.165, 1.54) is 76.6 Å². The van der Waals surface area contributed by atoms with Gasteiger partial charge < -0.3 is 24.8 Å². The summed E-state index contributed by atoms with van der Waals surface area (Å²) < 4.78 is 3.88. The number of rotatable bonds is 5. The summed E-state index contributed by atoms with van der Waals surface area (Å²) in [4.78, 5) is 0. The minimum absolute atomic E-state index is 0. The summed E-state index contributed by atoms with van der Waals surface area (Å²) in [6, 6.07) is 35.2. The molecule has 0 radical (unpaired) electrons. The normalized spacial score (nSPS) is 24.2. The number of hydrogen-bond donors (Lipinski definition) is 0. The van der Waals surface area contributed by atoms with E-state index in [4.69, 9.17) is 0 Å². The van der Waals surface area contributed by atoms with Crippen molar-refractivity contribution in [1.29, 1.82) is 0 Å². The van der Waals surface area contributed by atoms with E-state index in [-0.39, 0.29) is 46.5 Å². The van der Waals surface area contributed by atoms with Crippen LogP contribution in [0.5, 0.6) is 0 Å². The largest absolute Gasteiger partial charge is 1.00 e. The smallest absolute Gasteiger partial charge is 1.00 e. The van der Waals surface area contributed by atoms with Gasteiger partial charge in [0.05, 0.1) is 0 Å². The van der Waals surface area contributed by atoms with E-state index in [9.17, 15) is 0 Å². The van der Waals surface area contributed by atoms with Crippen molar-refractivity contribution in [3.05, 3.63) is 150 Å². The van der Waals surface area contributed by atoms with Gasteiger partial charge in [-0.3, -0.25) is 0 Å². The van der Waals surface area contributed by atoms with Gasteiger partial charge in [0.15, 0.2) is 0 Å². The van der Waals surface area contributed by atoms with Crippen LogP contribution >= 0.6 is 0 Å². The Bertz CT molecular complexity index is 2230. The summed E-state index contributed by atoms with van der Waals surface area (Å²) in [5.41, 5.74) is 16.8. The second-order valence-corrected chi connectivity index (χ2v) is 30.1. The summed E-state index contributed by atoms with van der Waals surface area (Å²) in [6.45, 7) is 31.0. The zero-order valence-corrected chi connectivity index (χ0v) is 43.5. The van der Waals surface area contributed by atoms with Crippen molar-refractivity contribution in [3.8, 4) is 11.1 Å². The summed E-state index contributed by atoms with van der Waals surface area (Å²) >= 11 is -3.00. The van der Waals surface area contributed by atoms with E-state index in [0.717, 1.165) is 29.6 Å². The van der Waals surface area contributed by atoms with Gasteiger partial charge in [0, 0.05) is 0 Å². The van der Waals surface area contributed by atoms with Crippen LogP contribution < -0.4 is 24.8 Å². The molecule has 6 aliphatic rings. The third-order valence-corrected chi connectivity index (χ3v) is 24.3. The molecule has 0 aromatic heterocycles. The SMILES string of the molecule is CC1C=C(C2C3CC4CC(C3)CC2C4)C=[C]1[Zr+2](=[C](c1ccc(C(C)(C)C)cc1)c1ccc(C(C)(C)C)cc1)[CH]1c2ccc(C(C)(C)C)cc2-c2cc(C(C)(C)C)ccc21.[Cl-].[Cl-]. The van der Waals surface area contributed by atoms with Crippen LogP contribution in [0, 0.1) is 35.5 Å². The maximum atomic E-state index is 2.88. The Morgan fingerprint density at radius 1 is 0.492 bits per heavy atom. The van der Waals surface area contributed by atoms with Gasteiger partial charge in [-0.05, 0) is 0 Å². The van der Waals surface area contributed by atoms with E-state index >= 15 is 0 Å². The molecule has 1 atom stereocenters. The molecule has 4 bridgehead atoms. The fourth-order valence-electron chi connectivity index (χ4n) is 12.4. The first-order valence-corrected chi connectivity index (χ1v) is 27.2. The number of fused-ring (bicyclic) bond motifs is 3. The van der Waals surface area contributed by atoms with Crippen LogP contribution in [0.3, 0.4) is 0 Å². The third kappa shape index (κ3) is 8.67. The minimum atomic E-state index is -3.00. The van der Waals surface area contributed by atoms with Gasteiger partial charge in [-0.25, -0.2) is 0 Å². The molecule has 0 heterocycles. The van der Waals surface area contributed by atoms with Crippen LogP contribution in [-0.2, 0) is 42.9 Å². The second-order valence-electron chi connectivity index (χ2n) is 24.0. The molecule has 6 aliphatic carbocycles. The molecule has 1 unspecified atom stereocenters. The molecular weight excluding hydrogens is 859 g/mol. The Morgan fingerprint density at radius 2 is 0.869 bits per heavy atom. The quantitative estimate of drug-likeness (QED) is 0.187. The molecule has 10 rings (SSSR count). The van der Waals surface area contributed by atoms with Gasteiger partial charge in [-0.1, -0.05) is 0 Å². The average Bonchev–Trinajstić information content (AvgIpc) is 3.68. The zero-order valence-electron chi connectivity index (χ0n) is 39.6. The molecule has 0 saturated heterocycles. The van der Waals surface area contributed by atoms with Crippen molar-refractivity contribution in [2.24, 2.45) is 35.5 Å². The first-order valence-electron chi connectivity index (χ1n) is 23.3. The van der Waals surface area contributed by atoms with E-state index in [0.29, 0.717) is 9.54 Å². The molecule has 4 saturated carbocycles. The molecule has 0 aliphatic heterocycles. The number of allylic oxidation sites excluding steroid dienone is 4. The first-order chi connectivity index (χ1) is 27.6. The van der Waals surface area contributed by atoms with Gasteiger partial charge in [0.25, 0.3) is 0 Å². The van der Waals surface area contributed by atoms with Gasteiger partial charge in [-0.2, -0.15) is 0 Å². The Kier molecular flexibility index (Phi) is 12.7. The Morgan fingerprint density at radius 3 is 1.25 bits per heavy atom. The topological polar surface area (TPSA) is 0 Å². The van der Waals surface area contributed by atoms with E-state index in [1.54, 1.807) is 19.9 Å². The molecule has 0 amide bonds. The predicted octanol–water partition coefficient (Wildman–Crippen LogP) is 9.37. The van der Waals surface area contributed by atoms with Crippen LogP contribution in [-0.4, -0.2) is 3.21 Å². The Balaban J connectivity index is 0.00000281. The van der Waals surface area contributed by atoms with Crippen LogP contribution in [0.2, 0.25) is 0 Å². The summed E-state index contributed by atoms with van der Waals surface area (Å²) in [5, 5.41) is 0.